The van der Waals surface area contributed by atoms with E-state index in [1.807, 2.05) is 5.41 Å². The highest BCUT2D eigenvalue weighted by atomic mass is 32.2. The summed E-state index contributed by atoms with van der Waals surface area (Å²) >= 11 is 1.38. The van der Waals surface area contributed by atoms with E-state index in [1.54, 1.807) is 16.7 Å². The van der Waals surface area contributed by atoms with Gasteiger partial charge in [-0.15, -0.1) is 0 Å². The zero-order chi connectivity index (χ0) is 10.8. The number of anilines is 1. The second-order valence-electron chi connectivity index (χ2n) is 2.86. The molecule has 0 saturated heterocycles. The highest BCUT2D eigenvalue weighted by molar-refractivity contribution is 8.03. The van der Waals surface area contributed by atoms with Crippen molar-refractivity contribution in [2.24, 2.45) is 5.73 Å². The lowest BCUT2D eigenvalue weighted by Crippen LogP contribution is -2.23. The Morgan fingerprint density at radius 2 is 2.33 bits per heavy atom. The standard InChI is InChI=1S/C9H8FN3OS/c10-8-5-6(13-12-3-4-15-13)1-2-7(8)9(11)14/h1-5,12H,(H2,11,14). The lowest BCUT2D eigenvalue weighted by atomic mass is 10.2. The van der Waals surface area contributed by atoms with Gasteiger partial charge in [-0.1, -0.05) is 0 Å². The fourth-order valence-electron chi connectivity index (χ4n) is 1.19. The van der Waals surface area contributed by atoms with Gasteiger partial charge in [0, 0.05) is 29.6 Å². The minimum absolute atomic E-state index is 0.101. The number of nitrogens with one attached hydrogen (secondary N) is 1. The summed E-state index contributed by atoms with van der Waals surface area (Å²) in [6.07, 6.45) is 1.73. The summed E-state index contributed by atoms with van der Waals surface area (Å²) in [5, 5.41) is 1.82. The maximum atomic E-state index is 13.4. The van der Waals surface area contributed by atoms with Crippen molar-refractivity contribution in [1.82, 2.24) is 5.43 Å². The zero-order valence-corrected chi connectivity index (χ0v) is 8.42. The fraction of sp³-hybridized carbons (Fsp3) is 0. The molecule has 15 heavy (non-hydrogen) atoms. The van der Waals surface area contributed by atoms with Gasteiger partial charge in [-0.05, 0) is 12.1 Å². The maximum Gasteiger partial charge on any atom is 0.251 e. The number of nitrogens with zero attached hydrogens (tertiary/aromatic N) is 1. The molecule has 0 aliphatic carbocycles. The first-order valence-electron chi connectivity index (χ1n) is 4.16. The minimum atomic E-state index is -0.765. The first-order chi connectivity index (χ1) is 7.18. The van der Waals surface area contributed by atoms with Crippen LogP contribution in [0.2, 0.25) is 0 Å². The van der Waals surface area contributed by atoms with Crippen molar-refractivity contribution in [3.8, 4) is 0 Å². The van der Waals surface area contributed by atoms with Crippen LogP contribution in [0, 0.1) is 5.82 Å². The number of hydrogen-bond donors (Lipinski definition) is 2. The Balaban J connectivity index is 2.29. The summed E-state index contributed by atoms with van der Waals surface area (Å²) in [7, 11) is 0. The quantitative estimate of drug-likeness (QED) is 0.746. The molecule has 0 saturated carbocycles. The third kappa shape index (κ3) is 1.89. The van der Waals surface area contributed by atoms with Crippen LogP contribution in [-0.2, 0) is 0 Å². The molecule has 1 aromatic rings. The van der Waals surface area contributed by atoms with E-state index in [2.05, 4.69) is 5.43 Å². The lowest BCUT2D eigenvalue weighted by Gasteiger charge is -2.16. The van der Waals surface area contributed by atoms with E-state index < -0.39 is 11.7 Å². The molecule has 0 bridgehead atoms. The second kappa shape index (κ2) is 3.82. The van der Waals surface area contributed by atoms with Crippen molar-refractivity contribution in [1.29, 1.82) is 0 Å². The Hall–Kier alpha value is -1.69. The molecule has 1 aliphatic rings. The van der Waals surface area contributed by atoms with Gasteiger partial charge in [-0.2, -0.15) is 0 Å². The molecule has 0 fully saturated rings. The normalized spacial score (nSPS) is 14.1. The number of carbonyl (C=O) groups excluding carboxylic acids is 1. The molecule has 0 spiro atoms. The molecule has 6 heteroatoms. The molecule has 0 atom stereocenters. The summed E-state index contributed by atoms with van der Waals surface area (Å²) in [4.78, 5) is 10.8. The zero-order valence-electron chi connectivity index (χ0n) is 7.61. The average molecular weight is 225 g/mol. The fourth-order valence-corrected chi connectivity index (χ4v) is 1.79. The van der Waals surface area contributed by atoms with Gasteiger partial charge >= 0.3 is 0 Å². The summed E-state index contributed by atoms with van der Waals surface area (Å²) in [5.74, 6) is -1.38. The van der Waals surface area contributed by atoms with Crippen LogP contribution in [0.5, 0.6) is 0 Å². The molecular weight excluding hydrogens is 217 g/mol. The predicted octanol–water partition coefficient (Wildman–Crippen LogP) is 1.37. The summed E-state index contributed by atoms with van der Waals surface area (Å²) in [6.45, 7) is 0. The summed E-state index contributed by atoms with van der Waals surface area (Å²) in [5.41, 5.74) is 8.39. The molecule has 1 aliphatic heterocycles. The van der Waals surface area contributed by atoms with Gasteiger partial charge < -0.3 is 5.73 Å². The Kier molecular flexibility index (Phi) is 2.51. The summed E-state index contributed by atoms with van der Waals surface area (Å²) < 4.78 is 15.0. The van der Waals surface area contributed by atoms with E-state index in [-0.39, 0.29) is 5.56 Å². The SMILES string of the molecule is NC(=O)c1ccc(N2NC=CS2)cc1F. The first kappa shape index (κ1) is 9.85. The van der Waals surface area contributed by atoms with Gasteiger partial charge in [0.25, 0.3) is 5.91 Å². The van der Waals surface area contributed by atoms with Gasteiger partial charge in [0.1, 0.15) is 5.82 Å². The van der Waals surface area contributed by atoms with E-state index in [9.17, 15) is 9.18 Å². The molecule has 0 unspecified atom stereocenters. The van der Waals surface area contributed by atoms with Gasteiger partial charge in [-0.3, -0.25) is 10.2 Å². The number of amides is 1. The van der Waals surface area contributed by atoms with Crippen molar-refractivity contribution in [2.45, 2.75) is 0 Å². The number of primary amides is 1. The van der Waals surface area contributed by atoms with Gasteiger partial charge in [0.05, 0.1) is 11.3 Å². The average Bonchev–Trinajstić information content (AvgIpc) is 2.69. The Bertz CT molecular complexity index is 427. The number of benzene rings is 1. The molecule has 4 nitrogen and oxygen atoms in total. The third-order valence-corrected chi connectivity index (χ3v) is 2.66. The maximum absolute atomic E-state index is 13.4. The highest BCUT2D eigenvalue weighted by Crippen LogP contribution is 2.25. The number of rotatable bonds is 2. The minimum Gasteiger partial charge on any atom is -0.366 e. The Morgan fingerprint density at radius 1 is 1.53 bits per heavy atom. The van der Waals surface area contributed by atoms with Crippen LogP contribution in [0.15, 0.2) is 29.8 Å². The van der Waals surface area contributed by atoms with Crippen molar-refractivity contribution in [3.05, 3.63) is 41.2 Å². The third-order valence-electron chi connectivity index (χ3n) is 1.88. The molecule has 2 rings (SSSR count). The number of hydrogen-bond acceptors (Lipinski definition) is 4. The monoisotopic (exact) mass is 225 g/mol. The molecular formula is C9H8FN3OS. The van der Waals surface area contributed by atoms with Crippen LogP contribution in [0.25, 0.3) is 0 Å². The number of hydrazine groups is 1. The first-order valence-corrected chi connectivity index (χ1v) is 4.99. The summed E-state index contributed by atoms with van der Waals surface area (Å²) in [6, 6.07) is 4.25. The Morgan fingerprint density at radius 3 is 2.87 bits per heavy atom. The van der Waals surface area contributed by atoms with Crippen molar-refractivity contribution < 1.29 is 9.18 Å². The van der Waals surface area contributed by atoms with E-state index >= 15 is 0 Å². The smallest absolute Gasteiger partial charge is 0.251 e. The number of nitrogens with two attached hydrogens (primary N) is 1. The van der Waals surface area contributed by atoms with Gasteiger partial charge in [-0.25, -0.2) is 8.80 Å². The van der Waals surface area contributed by atoms with Crippen LogP contribution in [0.3, 0.4) is 0 Å². The predicted molar refractivity (Wildman–Crippen MR) is 57.3 cm³/mol. The lowest BCUT2D eigenvalue weighted by molar-refractivity contribution is 0.0996. The molecule has 1 amide bonds. The van der Waals surface area contributed by atoms with E-state index in [4.69, 9.17) is 5.73 Å². The number of carbonyl (C=O) groups is 1. The molecule has 78 valence electrons. The van der Waals surface area contributed by atoms with Crippen LogP contribution >= 0.6 is 11.9 Å². The van der Waals surface area contributed by atoms with E-state index in [0.29, 0.717) is 5.69 Å². The second-order valence-corrected chi connectivity index (χ2v) is 3.71. The Labute approximate surface area is 90.0 Å². The van der Waals surface area contributed by atoms with Crippen LogP contribution < -0.4 is 15.6 Å². The van der Waals surface area contributed by atoms with Gasteiger partial charge in [0.2, 0.25) is 0 Å². The van der Waals surface area contributed by atoms with Crippen LogP contribution in [-0.4, -0.2) is 5.91 Å². The molecule has 1 aromatic carbocycles. The van der Waals surface area contributed by atoms with Gasteiger partial charge in [0.15, 0.2) is 0 Å². The number of halogens is 1. The van der Waals surface area contributed by atoms with E-state index in [1.165, 1.54) is 24.1 Å². The molecule has 3 N–H and O–H groups in total. The molecule has 0 aromatic heterocycles. The van der Waals surface area contributed by atoms with Crippen LogP contribution in [0.4, 0.5) is 10.1 Å². The molecule has 0 radical (unpaired) electrons. The highest BCUT2D eigenvalue weighted by Gasteiger charge is 2.13. The largest absolute Gasteiger partial charge is 0.366 e. The topological polar surface area (TPSA) is 58.4 Å². The van der Waals surface area contributed by atoms with E-state index in [0.717, 1.165) is 0 Å². The van der Waals surface area contributed by atoms with Crippen molar-refractivity contribution in [2.75, 3.05) is 4.41 Å². The van der Waals surface area contributed by atoms with Crippen molar-refractivity contribution in [3.63, 3.8) is 0 Å². The van der Waals surface area contributed by atoms with Crippen LogP contribution in [0.1, 0.15) is 10.4 Å². The molecule has 1 heterocycles. The van der Waals surface area contributed by atoms with Crippen molar-refractivity contribution >= 4 is 23.5 Å².